The number of aromatic hydroxyl groups is 1. The largest absolute Gasteiger partial charge is 0.508 e. The summed E-state index contributed by atoms with van der Waals surface area (Å²) in [6.45, 7) is 1.83. The number of benzene rings is 2. The summed E-state index contributed by atoms with van der Waals surface area (Å²) in [5, 5.41) is 21.4. The molecule has 0 fully saturated rings. The molecule has 1 amide bonds. The Morgan fingerprint density at radius 3 is 2.47 bits per heavy atom. The summed E-state index contributed by atoms with van der Waals surface area (Å²) >= 11 is 1.28. The number of carbonyl (C=O) groups excluding carboxylic acids is 2. The van der Waals surface area contributed by atoms with Crippen LogP contribution in [0.4, 0.5) is 5.69 Å². The van der Waals surface area contributed by atoms with Gasteiger partial charge in [0, 0.05) is 23.7 Å². The molecule has 9 heteroatoms. The number of furan rings is 1. The average molecular weight is 449 g/mol. The molecule has 8 nitrogen and oxygen atoms in total. The molecule has 0 unspecified atom stereocenters. The highest BCUT2D eigenvalue weighted by molar-refractivity contribution is 7.99. The number of aromatic nitrogens is 3. The lowest BCUT2D eigenvalue weighted by Gasteiger charge is -2.09. The van der Waals surface area contributed by atoms with E-state index in [0.717, 1.165) is 11.3 Å². The molecule has 4 aromatic rings. The highest BCUT2D eigenvalue weighted by atomic mass is 32.2. The van der Waals surface area contributed by atoms with E-state index in [1.807, 2.05) is 10.6 Å². The maximum absolute atomic E-state index is 12.7. The molecule has 4 rings (SSSR count). The van der Waals surface area contributed by atoms with E-state index in [4.69, 9.17) is 4.42 Å². The highest BCUT2D eigenvalue weighted by Gasteiger charge is 2.17. The molecule has 2 heterocycles. The van der Waals surface area contributed by atoms with Crippen molar-refractivity contribution in [3.63, 3.8) is 0 Å². The first kappa shape index (κ1) is 21.4. The second kappa shape index (κ2) is 9.52. The topological polar surface area (TPSA) is 110 Å². The van der Waals surface area contributed by atoms with E-state index in [9.17, 15) is 14.7 Å². The summed E-state index contributed by atoms with van der Waals surface area (Å²) in [7, 11) is 0. The van der Waals surface area contributed by atoms with Crippen LogP contribution in [0.3, 0.4) is 0 Å². The molecule has 0 spiro atoms. The van der Waals surface area contributed by atoms with Gasteiger partial charge in [0.1, 0.15) is 11.5 Å². The minimum atomic E-state index is -0.167. The van der Waals surface area contributed by atoms with Gasteiger partial charge in [0.25, 0.3) is 0 Å². The summed E-state index contributed by atoms with van der Waals surface area (Å²) in [5.41, 5.74) is 1.97. The Bertz CT molecular complexity index is 1220. The minimum Gasteiger partial charge on any atom is -0.508 e. The number of thioether (sulfide) groups is 1. The second-order valence-electron chi connectivity index (χ2n) is 6.99. The Morgan fingerprint density at radius 1 is 1.06 bits per heavy atom. The first-order valence-electron chi connectivity index (χ1n) is 9.78. The number of anilines is 1. The molecule has 0 aliphatic rings. The van der Waals surface area contributed by atoms with Crippen molar-refractivity contribution in [1.29, 1.82) is 0 Å². The van der Waals surface area contributed by atoms with E-state index in [2.05, 4.69) is 15.5 Å². The molecule has 2 aromatic heterocycles. The second-order valence-corrected chi connectivity index (χ2v) is 7.93. The van der Waals surface area contributed by atoms with E-state index in [0.29, 0.717) is 28.8 Å². The highest BCUT2D eigenvalue weighted by Crippen LogP contribution is 2.27. The van der Waals surface area contributed by atoms with Crippen LogP contribution in [0.5, 0.6) is 5.75 Å². The van der Waals surface area contributed by atoms with Crippen molar-refractivity contribution < 1.29 is 19.1 Å². The third kappa shape index (κ3) is 5.06. The summed E-state index contributed by atoms with van der Waals surface area (Å²) in [5.74, 6) is 1.44. The number of ketones is 1. The lowest BCUT2D eigenvalue weighted by atomic mass is 10.1. The van der Waals surface area contributed by atoms with Gasteiger partial charge in [-0.3, -0.25) is 14.2 Å². The summed E-state index contributed by atoms with van der Waals surface area (Å²) in [4.78, 5) is 23.8. The quantitative estimate of drug-likeness (QED) is 0.307. The molecule has 2 aromatic carbocycles. The number of nitrogens with one attached hydrogen (secondary N) is 1. The Kier molecular flexibility index (Phi) is 6.37. The molecule has 0 radical (unpaired) electrons. The number of Topliss-reactive ketones (excluding diaryl/α,β-unsaturated/α-hetero) is 1. The van der Waals surface area contributed by atoms with Crippen molar-refractivity contribution in [2.24, 2.45) is 0 Å². The number of phenolic OH excluding ortho intramolecular Hbond substituents is 1. The standard InChI is InChI=1S/C23H20N4O4S/c1-15(28)24-18-8-4-16(5-9-18)21(30)14-32-23-26-25-22(17-6-10-19(29)11-7-17)27(23)13-20-3-2-12-31-20/h2-12,29H,13-14H2,1H3,(H,24,28). The minimum absolute atomic E-state index is 0.0666. The van der Waals surface area contributed by atoms with Gasteiger partial charge in [-0.25, -0.2) is 0 Å². The molecular formula is C23H20N4O4S. The van der Waals surface area contributed by atoms with Crippen LogP contribution in [0.25, 0.3) is 11.4 Å². The number of hydrogen-bond acceptors (Lipinski definition) is 7. The van der Waals surface area contributed by atoms with Gasteiger partial charge in [-0.1, -0.05) is 11.8 Å². The fourth-order valence-corrected chi connectivity index (χ4v) is 3.91. The van der Waals surface area contributed by atoms with Crippen molar-refractivity contribution in [2.45, 2.75) is 18.6 Å². The molecule has 32 heavy (non-hydrogen) atoms. The lowest BCUT2D eigenvalue weighted by Crippen LogP contribution is -2.08. The predicted molar refractivity (Wildman–Crippen MR) is 121 cm³/mol. The zero-order chi connectivity index (χ0) is 22.5. The van der Waals surface area contributed by atoms with E-state index >= 15 is 0 Å². The molecule has 0 bridgehead atoms. The van der Waals surface area contributed by atoms with Gasteiger partial charge < -0.3 is 14.8 Å². The molecular weight excluding hydrogens is 428 g/mol. The lowest BCUT2D eigenvalue weighted by molar-refractivity contribution is -0.114. The normalized spacial score (nSPS) is 10.8. The molecule has 2 N–H and O–H groups in total. The number of amides is 1. The van der Waals surface area contributed by atoms with Crippen molar-refractivity contribution in [3.05, 3.63) is 78.3 Å². The Balaban J connectivity index is 1.53. The molecule has 0 aliphatic heterocycles. The third-order valence-electron chi connectivity index (χ3n) is 4.60. The van der Waals surface area contributed by atoms with Crippen LogP contribution in [-0.2, 0) is 11.3 Å². The Morgan fingerprint density at radius 2 is 1.81 bits per heavy atom. The van der Waals surface area contributed by atoms with Crippen LogP contribution in [0, 0.1) is 0 Å². The van der Waals surface area contributed by atoms with Gasteiger partial charge in [0.2, 0.25) is 5.91 Å². The van der Waals surface area contributed by atoms with Crippen molar-refractivity contribution in [2.75, 3.05) is 11.1 Å². The number of nitrogens with zero attached hydrogens (tertiary/aromatic N) is 3. The van der Waals surface area contributed by atoms with Gasteiger partial charge in [-0.15, -0.1) is 10.2 Å². The van der Waals surface area contributed by atoms with Crippen LogP contribution < -0.4 is 5.32 Å². The first-order chi connectivity index (χ1) is 15.5. The predicted octanol–water partition coefficient (Wildman–Crippen LogP) is 4.23. The summed E-state index contributed by atoms with van der Waals surface area (Å²) < 4.78 is 7.36. The SMILES string of the molecule is CC(=O)Nc1ccc(C(=O)CSc2nnc(-c3ccc(O)cc3)n2Cc2ccco2)cc1. The Hall–Kier alpha value is -3.85. The van der Waals surface area contributed by atoms with Gasteiger partial charge in [0.15, 0.2) is 16.8 Å². The number of phenols is 1. The van der Waals surface area contributed by atoms with E-state index in [1.165, 1.54) is 18.7 Å². The summed E-state index contributed by atoms with van der Waals surface area (Å²) in [6, 6.07) is 17.1. The molecule has 162 valence electrons. The number of hydrogen-bond donors (Lipinski definition) is 2. The zero-order valence-electron chi connectivity index (χ0n) is 17.2. The fraction of sp³-hybridized carbons (Fsp3) is 0.130. The van der Waals surface area contributed by atoms with Gasteiger partial charge in [-0.2, -0.15) is 0 Å². The zero-order valence-corrected chi connectivity index (χ0v) is 18.0. The molecule has 0 saturated heterocycles. The third-order valence-corrected chi connectivity index (χ3v) is 5.56. The number of rotatable bonds is 8. The van der Waals surface area contributed by atoms with Gasteiger partial charge in [0.05, 0.1) is 18.6 Å². The first-order valence-corrected chi connectivity index (χ1v) is 10.8. The van der Waals surface area contributed by atoms with E-state index in [1.54, 1.807) is 60.9 Å². The summed E-state index contributed by atoms with van der Waals surface area (Å²) in [6.07, 6.45) is 1.60. The van der Waals surface area contributed by atoms with Crippen LogP contribution in [0.2, 0.25) is 0 Å². The van der Waals surface area contributed by atoms with Gasteiger partial charge >= 0.3 is 0 Å². The molecule has 0 saturated carbocycles. The maximum atomic E-state index is 12.7. The van der Waals surface area contributed by atoms with Crippen molar-refractivity contribution in [1.82, 2.24) is 14.8 Å². The van der Waals surface area contributed by atoms with E-state index in [-0.39, 0.29) is 23.2 Å². The smallest absolute Gasteiger partial charge is 0.221 e. The maximum Gasteiger partial charge on any atom is 0.221 e. The van der Waals surface area contributed by atoms with Crippen LogP contribution in [0.15, 0.2) is 76.5 Å². The monoisotopic (exact) mass is 448 g/mol. The number of carbonyl (C=O) groups is 2. The van der Waals surface area contributed by atoms with Gasteiger partial charge in [-0.05, 0) is 60.7 Å². The molecule has 0 aliphatic carbocycles. The van der Waals surface area contributed by atoms with E-state index < -0.39 is 0 Å². The van der Waals surface area contributed by atoms with Crippen LogP contribution >= 0.6 is 11.8 Å². The van der Waals surface area contributed by atoms with Crippen molar-refractivity contribution >= 4 is 29.1 Å². The van der Waals surface area contributed by atoms with Crippen LogP contribution in [-0.4, -0.2) is 37.3 Å². The molecule has 0 atom stereocenters. The fourth-order valence-electron chi connectivity index (χ4n) is 3.08. The average Bonchev–Trinajstić information content (AvgIpc) is 3.43. The van der Waals surface area contributed by atoms with Crippen molar-refractivity contribution in [3.8, 4) is 17.1 Å². The Labute approximate surface area is 188 Å². The van der Waals surface area contributed by atoms with Crippen LogP contribution in [0.1, 0.15) is 23.0 Å².